The lowest BCUT2D eigenvalue weighted by Gasteiger charge is -2.33. The highest BCUT2D eigenvalue weighted by atomic mass is 79.9. The zero-order valence-electron chi connectivity index (χ0n) is 9.46. The van der Waals surface area contributed by atoms with Crippen LogP contribution in [0.4, 0.5) is 32.4 Å². The van der Waals surface area contributed by atoms with Crippen LogP contribution >= 0.6 is 15.9 Å². The number of anilines is 1. The summed E-state index contributed by atoms with van der Waals surface area (Å²) in [5, 5.41) is 1.70. The predicted octanol–water partition coefficient (Wildman–Crippen LogP) is 2.70. The zero-order valence-corrected chi connectivity index (χ0v) is 11.0. The molecular formula is C9H6BrF5N4O. The molecule has 1 aliphatic heterocycles. The summed E-state index contributed by atoms with van der Waals surface area (Å²) in [4.78, 5) is 15.1. The Bertz CT molecular complexity index is 537. The van der Waals surface area contributed by atoms with E-state index < -0.39 is 29.9 Å². The van der Waals surface area contributed by atoms with Gasteiger partial charge in [0.2, 0.25) is 0 Å². The number of halogens is 6. The lowest BCUT2D eigenvalue weighted by Crippen LogP contribution is -2.57. The first-order valence-corrected chi connectivity index (χ1v) is 5.85. The van der Waals surface area contributed by atoms with Gasteiger partial charge in [0.15, 0.2) is 0 Å². The molecule has 1 N–H and O–H groups in total. The standard InChI is InChI=1S/C9H6BrF5N4O/c10-5-1-2-16-3-6(5)19-7(20)17-4-18(19)9(14,15)8(11,12)13/h1-3H,4H2,(H,17,20). The lowest BCUT2D eigenvalue weighted by atomic mass is 10.4. The summed E-state index contributed by atoms with van der Waals surface area (Å²) in [6, 6.07) is -5.01. The normalized spacial score (nSPS) is 17.5. The molecule has 2 rings (SSSR count). The Balaban J connectivity index is 2.45. The van der Waals surface area contributed by atoms with Gasteiger partial charge in [-0.1, -0.05) is 0 Å². The van der Waals surface area contributed by atoms with Crippen molar-refractivity contribution in [3.05, 3.63) is 22.9 Å². The minimum Gasteiger partial charge on any atom is -0.322 e. The highest BCUT2D eigenvalue weighted by Gasteiger charge is 2.65. The summed E-state index contributed by atoms with van der Waals surface area (Å²) in [5.41, 5.74) is -0.230. The third-order valence-corrected chi connectivity index (χ3v) is 3.13. The molecule has 110 valence electrons. The van der Waals surface area contributed by atoms with Crippen LogP contribution in [0.25, 0.3) is 0 Å². The molecule has 2 amide bonds. The number of carbonyl (C=O) groups excluding carboxylic acids is 1. The Morgan fingerprint density at radius 3 is 2.50 bits per heavy atom. The van der Waals surface area contributed by atoms with Crippen molar-refractivity contribution in [3.8, 4) is 0 Å². The van der Waals surface area contributed by atoms with Crippen molar-refractivity contribution in [3.63, 3.8) is 0 Å². The Labute approximate surface area is 117 Å². The van der Waals surface area contributed by atoms with Crippen molar-refractivity contribution in [1.82, 2.24) is 15.3 Å². The highest BCUT2D eigenvalue weighted by Crippen LogP contribution is 2.41. The maximum Gasteiger partial charge on any atom is 0.471 e. The maximum absolute atomic E-state index is 13.4. The maximum atomic E-state index is 13.4. The van der Waals surface area contributed by atoms with Crippen LogP contribution in [-0.2, 0) is 0 Å². The van der Waals surface area contributed by atoms with E-state index in [4.69, 9.17) is 0 Å². The molecule has 0 bridgehead atoms. The van der Waals surface area contributed by atoms with Gasteiger partial charge in [0, 0.05) is 10.7 Å². The summed E-state index contributed by atoms with van der Waals surface area (Å²) in [6.07, 6.45) is -3.55. The highest BCUT2D eigenvalue weighted by molar-refractivity contribution is 9.10. The number of carbonyl (C=O) groups is 1. The van der Waals surface area contributed by atoms with Crippen LogP contribution in [0.1, 0.15) is 0 Å². The van der Waals surface area contributed by atoms with Crippen LogP contribution in [0.3, 0.4) is 0 Å². The molecule has 0 saturated carbocycles. The predicted molar refractivity (Wildman–Crippen MR) is 60.7 cm³/mol. The summed E-state index contributed by atoms with van der Waals surface area (Å²) in [7, 11) is 0. The quantitative estimate of drug-likeness (QED) is 0.651. The number of nitrogens with one attached hydrogen (secondary N) is 1. The molecule has 0 unspecified atom stereocenters. The van der Waals surface area contributed by atoms with Crippen LogP contribution in [0, 0.1) is 0 Å². The molecule has 0 atom stereocenters. The van der Waals surface area contributed by atoms with Gasteiger partial charge in [-0.3, -0.25) is 4.98 Å². The van der Waals surface area contributed by atoms with Crippen LogP contribution in [0.15, 0.2) is 22.9 Å². The molecule has 5 nitrogen and oxygen atoms in total. The van der Waals surface area contributed by atoms with Crippen LogP contribution < -0.4 is 10.3 Å². The van der Waals surface area contributed by atoms with Gasteiger partial charge in [-0.05, 0) is 22.0 Å². The molecule has 1 aromatic rings. The molecule has 0 aromatic carbocycles. The van der Waals surface area contributed by atoms with Crippen LogP contribution in [0.5, 0.6) is 0 Å². The molecule has 1 saturated heterocycles. The van der Waals surface area contributed by atoms with Crippen molar-refractivity contribution in [2.24, 2.45) is 0 Å². The molecule has 0 aliphatic carbocycles. The fourth-order valence-electron chi connectivity index (χ4n) is 1.53. The minimum absolute atomic E-state index is 0.146. The number of hydrazine groups is 1. The molecule has 11 heteroatoms. The fourth-order valence-corrected chi connectivity index (χ4v) is 1.92. The number of amides is 2. The molecule has 2 heterocycles. The van der Waals surface area contributed by atoms with Gasteiger partial charge in [0.1, 0.15) is 0 Å². The fraction of sp³-hybridized carbons (Fsp3) is 0.333. The van der Waals surface area contributed by atoms with E-state index >= 15 is 0 Å². The van der Waals surface area contributed by atoms with E-state index in [9.17, 15) is 26.7 Å². The Morgan fingerprint density at radius 1 is 1.30 bits per heavy atom. The molecule has 1 aromatic heterocycles. The van der Waals surface area contributed by atoms with Crippen molar-refractivity contribution < 1.29 is 26.7 Å². The molecule has 0 spiro atoms. The topological polar surface area (TPSA) is 48.5 Å². The van der Waals surface area contributed by atoms with E-state index in [1.165, 1.54) is 12.3 Å². The van der Waals surface area contributed by atoms with Gasteiger partial charge in [0.05, 0.1) is 18.6 Å². The van der Waals surface area contributed by atoms with Gasteiger partial charge >= 0.3 is 18.3 Å². The van der Waals surface area contributed by atoms with Gasteiger partial charge < -0.3 is 5.32 Å². The first-order chi connectivity index (χ1) is 9.16. The molecule has 0 radical (unpaired) electrons. The number of alkyl halides is 5. The second kappa shape index (κ2) is 4.81. The average Bonchev–Trinajstić information content (AvgIpc) is 2.71. The van der Waals surface area contributed by atoms with E-state index in [0.29, 0.717) is 0 Å². The SMILES string of the molecule is O=C1NCN(C(F)(F)C(F)(F)F)N1c1cnccc1Br. The number of hydrogen-bond donors (Lipinski definition) is 1. The van der Waals surface area contributed by atoms with Crippen molar-refractivity contribution in [2.45, 2.75) is 12.2 Å². The molecular weight excluding hydrogens is 355 g/mol. The number of urea groups is 1. The lowest BCUT2D eigenvalue weighted by molar-refractivity contribution is -0.338. The van der Waals surface area contributed by atoms with Crippen molar-refractivity contribution >= 4 is 27.6 Å². The van der Waals surface area contributed by atoms with Crippen LogP contribution in [-0.4, -0.2) is 34.9 Å². The number of nitrogens with zero attached hydrogens (tertiary/aromatic N) is 3. The smallest absolute Gasteiger partial charge is 0.322 e. The molecule has 20 heavy (non-hydrogen) atoms. The van der Waals surface area contributed by atoms with E-state index in [2.05, 4.69) is 20.9 Å². The third kappa shape index (κ3) is 2.30. The third-order valence-electron chi connectivity index (χ3n) is 2.46. The van der Waals surface area contributed by atoms with Gasteiger partial charge in [-0.2, -0.15) is 22.0 Å². The zero-order chi connectivity index (χ0) is 15.1. The van der Waals surface area contributed by atoms with E-state index in [1.807, 2.05) is 5.32 Å². The molecule has 1 aliphatic rings. The van der Waals surface area contributed by atoms with E-state index in [1.54, 1.807) is 0 Å². The number of aromatic nitrogens is 1. The second-order valence-corrected chi connectivity index (χ2v) is 4.57. The summed E-state index contributed by atoms with van der Waals surface area (Å²) >= 11 is 2.96. The van der Waals surface area contributed by atoms with Crippen LogP contribution in [0.2, 0.25) is 0 Å². The summed E-state index contributed by atoms with van der Waals surface area (Å²) < 4.78 is 64.2. The first-order valence-electron chi connectivity index (χ1n) is 5.06. The van der Waals surface area contributed by atoms with Crippen molar-refractivity contribution in [2.75, 3.05) is 11.7 Å². The first kappa shape index (κ1) is 14.9. The van der Waals surface area contributed by atoms with Gasteiger partial charge in [-0.25, -0.2) is 9.80 Å². The summed E-state index contributed by atoms with van der Waals surface area (Å²) in [6.45, 7) is -0.979. The van der Waals surface area contributed by atoms with Gasteiger partial charge in [-0.15, -0.1) is 5.01 Å². The largest absolute Gasteiger partial charge is 0.471 e. The second-order valence-electron chi connectivity index (χ2n) is 3.72. The Hall–Kier alpha value is -1.49. The van der Waals surface area contributed by atoms with E-state index in [0.717, 1.165) is 6.20 Å². The van der Waals surface area contributed by atoms with Crippen molar-refractivity contribution in [1.29, 1.82) is 0 Å². The Morgan fingerprint density at radius 2 is 1.95 bits per heavy atom. The van der Waals surface area contributed by atoms with Gasteiger partial charge in [0.25, 0.3) is 0 Å². The summed E-state index contributed by atoms with van der Waals surface area (Å²) in [5.74, 6) is 0. The average molecular weight is 361 g/mol. The Kier molecular flexibility index (Phi) is 3.58. The minimum atomic E-state index is -5.83. The van der Waals surface area contributed by atoms with E-state index in [-0.39, 0.29) is 15.2 Å². The molecule has 1 fully saturated rings. The number of hydrogen-bond acceptors (Lipinski definition) is 3. The number of rotatable bonds is 2. The number of pyridine rings is 1. The monoisotopic (exact) mass is 360 g/mol.